The summed E-state index contributed by atoms with van der Waals surface area (Å²) < 4.78 is 18.6. The van der Waals surface area contributed by atoms with Gasteiger partial charge in [0.05, 0.1) is 17.6 Å². The van der Waals surface area contributed by atoms with Gasteiger partial charge in [0.2, 0.25) is 5.91 Å². The first kappa shape index (κ1) is 23.6. The summed E-state index contributed by atoms with van der Waals surface area (Å²) in [6.07, 6.45) is 1.73. The molecule has 6 nitrogen and oxygen atoms in total. The quantitative estimate of drug-likeness (QED) is 0.660. The molecular weight excluding hydrogens is 411 g/mol. The molecule has 2 atom stereocenters. The SMILES string of the molecule is C[C@H](NC(=O)[C@H]1CCCN1CCOc1ccc(F)cc1)c1ccc(C(=O)O)cc1.Cl. The maximum Gasteiger partial charge on any atom is 0.335 e. The zero-order valence-corrected chi connectivity index (χ0v) is 17.5. The van der Waals surface area contributed by atoms with Crippen molar-refractivity contribution in [3.8, 4) is 5.75 Å². The Kier molecular flexibility index (Phi) is 8.62. The third-order valence-corrected chi connectivity index (χ3v) is 5.14. The van der Waals surface area contributed by atoms with E-state index in [1.165, 1.54) is 24.3 Å². The lowest BCUT2D eigenvalue weighted by Gasteiger charge is -2.25. The summed E-state index contributed by atoms with van der Waals surface area (Å²) in [6.45, 7) is 3.73. The van der Waals surface area contributed by atoms with Crippen molar-refractivity contribution >= 4 is 24.3 Å². The number of hydrogen-bond donors (Lipinski definition) is 2. The van der Waals surface area contributed by atoms with Crippen LogP contribution in [0.3, 0.4) is 0 Å². The van der Waals surface area contributed by atoms with Crippen LogP contribution in [0.4, 0.5) is 4.39 Å². The summed E-state index contributed by atoms with van der Waals surface area (Å²) in [7, 11) is 0. The van der Waals surface area contributed by atoms with Crippen molar-refractivity contribution in [3.05, 3.63) is 65.5 Å². The molecule has 1 aliphatic heterocycles. The van der Waals surface area contributed by atoms with E-state index in [9.17, 15) is 14.0 Å². The van der Waals surface area contributed by atoms with E-state index in [-0.39, 0.29) is 41.8 Å². The number of benzene rings is 2. The van der Waals surface area contributed by atoms with Crippen LogP contribution in [0.2, 0.25) is 0 Å². The number of carboxylic acids is 1. The van der Waals surface area contributed by atoms with Crippen LogP contribution in [-0.2, 0) is 4.79 Å². The second kappa shape index (κ2) is 10.9. The van der Waals surface area contributed by atoms with E-state index in [0.717, 1.165) is 24.9 Å². The van der Waals surface area contributed by atoms with Crippen LogP contribution in [0.5, 0.6) is 5.75 Å². The van der Waals surface area contributed by atoms with E-state index >= 15 is 0 Å². The predicted octanol–water partition coefficient (Wildman–Crippen LogP) is 3.67. The highest BCUT2D eigenvalue weighted by Crippen LogP contribution is 2.20. The lowest BCUT2D eigenvalue weighted by Crippen LogP contribution is -2.45. The molecule has 2 N–H and O–H groups in total. The van der Waals surface area contributed by atoms with E-state index in [0.29, 0.717) is 18.9 Å². The number of halogens is 2. The minimum absolute atomic E-state index is 0. The van der Waals surface area contributed by atoms with Crippen LogP contribution in [0.25, 0.3) is 0 Å². The Balaban J connectivity index is 0.00000320. The van der Waals surface area contributed by atoms with Gasteiger partial charge >= 0.3 is 5.97 Å². The Bertz CT molecular complexity index is 845. The Hall–Kier alpha value is -2.64. The number of hydrogen-bond acceptors (Lipinski definition) is 4. The maximum absolute atomic E-state index is 12.9. The van der Waals surface area contributed by atoms with Crippen LogP contribution in [0.1, 0.15) is 41.7 Å². The van der Waals surface area contributed by atoms with Crippen molar-refractivity contribution in [2.75, 3.05) is 19.7 Å². The summed E-state index contributed by atoms with van der Waals surface area (Å²) in [5, 5.41) is 12.0. The fourth-order valence-electron chi connectivity index (χ4n) is 3.51. The van der Waals surface area contributed by atoms with Gasteiger partial charge in [0.1, 0.15) is 18.2 Å². The van der Waals surface area contributed by atoms with E-state index in [1.54, 1.807) is 24.3 Å². The third-order valence-electron chi connectivity index (χ3n) is 5.14. The Morgan fingerprint density at radius 1 is 1.20 bits per heavy atom. The molecule has 8 heteroatoms. The first-order valence-corrected chi connectivity index (χ1v) is 9.70. The van der Waals surface area contributed by atoms with Crippen LogP contribution >= 0.6 is 12.4 Å². The van der Waals surface area contributed by atoms with Crippen molar-refractivity contribution < 1.29 is 23.8 Å². The zero-order chi connectivity index (χ0) is 20.8. The minimum atomic E-state index is -0.974. The van der Waals surface area contributed by atoms with Gasteiger partial charge in [-0.1, -0.05) is 12.1 Å². The number of carbonyl (C=O) groups excluding carboxylic acids is 1. The van der Waals surface area contributed by atoms with Gasteiger partial charge in [0.25, 0.3) is 0 Å². The molecule has 0 radical (unpaired) electrons. The molecule has 1 amide bonds. The van der Waals surface area contributed by atoms with E-state index in [1.807, 2.05) is 6.92 Å². The molecule has 3 rings (SSSR count). The first-order valence-electron chi connectivity index (χ1n) is 9.70. The Morgan fingerprint density at radius 2 is 1.87 bits per heavy atom. The van der Waals surface area contributed by atoms with Crippen molar-refractivity contribution in [2.24, 2.45) is 0 Å². The number of aromatic carboxylic acids is 1. The fraction of sp³-hybridized carbons (Fsp3) is 0.364. The monoisotopic (exact) mass is 436 g/mol. The highest BCUT2D eigenvalue weighted by atomic mass is 35.5. The zero-order valence-electron chi connectivity index (χ0n) is 16.7. The summed E-state index contributed by atoms with van der Waals surface area (Å²) in [6, 6.07) is 12.0. The topological polar surface area (TPSA) is 78.9 Å². The van der Waals surface area contributed by atoms with E-state index in [2.05, 4.69) is 10.2 Å². The molecule has 0 bridgehead atoms. The molecule has 0 aliphatic carbocycles. The van der Waals surface area contributed by atoms with Gasteiger partial charge in [-0.15, -0.1) is 12.4 Å². The normalized spacial score (nSPS) is 17.1. The van der Waals surface area contributed by atoms with Crippen molar-refractivity contribution in [3.63, 3.8) is 0 Å². The molecule has 2 aromatic rings. The molecule has 1 fully saturated rings. The standard InChI is InChI=1S/C22H25FN2O4.ClH/c1-15(16-4-6-17(7-5-16)22(27)28)24-21(26)20-3-2-12-25(20)13-14-29-19-10-8-18(23)9-11-19;/h4-11,15,20H,2-3,12-14H2,1H3,(H,24,26)(H,27,28);1H/t15-,20+;/m0./s1. The average Bonchev–Trinajstić information content (AvgIpc) is 3.18. The molecule has 30 heavy (non-hydrogen) atoms. The smallest absolute Gasteiger partial charge is 0.335 e. The van der Waals surface area contributed by atoms with Gasteiger partial charge in [-0.05, 0) is 68.3 Å². The number of carboxylic acid groups (broad SMARTS) is 1. The van der Waals surface area contributed by atoms with Crippen LogP contribution in [-0.4, -0.2) is 47.6 Å². The van der Waals surface area contributed by atoms with Gasteiger partial charge < -0.3 is 15.2 Å². The maximum atomic E-state index is 12.9. The molecule has 1 heterocycles. The molecular formula is C22H26ClFN2O4. The number of amides is 1. The number of rotatable bonds is 8. The molecule has 2 aromatic carbocycles. The summed E-state index contributed by atoms with van der Waals surface area (Å²) >= 11 is 0. The summed E-state index contributed by atoms with van der Waals surface area (Å²) in [4.78, 5) is 25.8. The lowest BCUT2D eigenvalue weighted by atomic mass is 10.1. The van der Waals surface area contributed by atoms with Crippen LogP contribution in [0, 0.1) is 5.82 Å². The molecule has 0 unspecified atom stereocenters. The average molecular weight is 437 g/mol. The van der Waals surface area contributed by atoms with E-state index in [4.69, 9.17) is 9.84 Å². The fourth-order valence-corrected chi connectivity index (χ4v) is 3.51. The summed E-state index contributed by atoms with van der Waals surface area (Å²) in [5.41, 5.74) is 1.07. The molecule has 1 aliphatic rings. The van der Waals surface area contributed by atoms with Gasteiger partial charge in [0, 0.05) is 6.54 Å². The largest absolute Gasteiger partial charge is 0.492 e. The number of carbonyl (C=O) groups is 2. The van der Waals surface area contributed by atoms with Gasteiger partial charge in [-0.2, -0.15) is 0 Å². The van der Waals surface area contributed by atoms with Gasteiger partial charge in [0.15, 0.2) is 0 Å². The Labute approximate surface area is 181 Å². The Morgan fingerprint density at radius 3 is 2.50 bits per heavy atom. The third kappa shape index (κ3) is 6.18. The van der Waals surface area contributed by atoms with Gasteiger partial charge in [-0.3, -0.25) is 9.69 Å². The molecule has 0 spiro atoms. The van der Waals surface area contributed by atoms with Crippen molar-refractivity contribution in [1.29, 1.82) is 0 Å². The van der Waals surface area contributed by atoms with E-state index < -0.39 is 5.97 Å². The van der Waals surface area contributed by atoms with Gasteiger partial charge in [-0.25, -0.2) is 9.18 Å². The second-order valence-corrected chi connectivity index (χ2v) is 7.15. The first-order chi connectivity index (χ1) is 13.9. The van der Waals surface area contributed by atoms with Crippen LogP contribution < -0.4 is 10.1 Å². The number of nitrogens with zero attached hydrogens (tertiary/aromatic N) is 1. The highest BCUT2D eigenvalue weighted by Gasteiger charge is 2.31. The highest BCUT2D eigenvalue weighted by molar-refractivity contribution is 5.87. The molecule has 0 saturated carbocycles. The minimum Gasteiger partial charge on any atom is -0.492 e. The number of likely N-dealkylation sites (tertiary alicyclic amines) is 1. The number of nitrogens with one attached hydrogen (secondary N) is 1. The second-order valence-electron chi connectivity index (χ2n) is 7.15. The summed E-state index contributed by atoms with van der Waals surface area (Å²) in [5.74, 6) is -0.720. The molecule has 1 saturated heterocycles. The van der Waals surface area contributed by atoms with Crippen molar-refractivity contribution in [2.45, 2.75) is 31.8 Å². The molecule has 0 aromatic heterocycles. The molecule has 162 valence electrons. The lowest BCUT2D eigenvalue weighted by molar-refractivity contribution is -0.126. The van der Waals surface area contributed by atoms with Crippen LogP contribution in [0.15, 0.2) is 48.5 Å². The predicted molar refractivity (Wildman–Crippen MR) is 114 cm³/mol. The van der Waals surface area contributed by atoms with Crippen molar-refractivity contribution in [1.82, 2.24) is 10.2 Å². The number of ether oxygens (including phenoxy) is 1.